The van der Waals surface area contributed by atoms with Crippen LogP contribution in [-0.2, 0) is 10.0 Å². The van der Waals surface area contributed by atoms with Crippen LogP contribution in [0.25, 0.3) is 0 Å². The van der Waals surface area contributed by atoms with Crippen molar-refractivity contribution >= 4 is 21.5 Å². The van der Waals surface area contributed by atoms with Crippen molar-refractivity contribution in [1.82, 2.24) is 4.31 Å². The first kappa shape index (κ1) is 17.6. The Labute approximate surface area is 148 Å². The molecule has 0 bridgehead atoms. The maximum Gasteiger partial charge on any atom is 0.243 e. The van der Waals surface area contributed by atoms with Crippen molar-refractivity contribution in [3.8, 4) is 0 Å². The zero-order valence-electron chi connectivity index (χ0n) is 14.2. The Balaban J connectivity index is 1.72. The SMILES string of the molecule is Cc1ccc(NCC(=O)c2cccc(S(=O)(=O)N3CCCC3)c2)cc1. The molecule has 0 aliphatic carbocycles. The van der Waals surface area contributed by atoms with E-state index in [2.05, 4.69) is 5.32 Å². The van der Waals surface area contributed by atoms with Gasteiger partial charge in [-0.3, -0.25) is 4.79 Å². The topological polar surface area (TPSA) is 66.5 Å². The predicted molar refractivity (Wildman–Crippen MR) is 98.4 cm³/mol. The van der Waals surface area contributed by atoms with Crippen LogP contribution in [0.4, 0.5) is 5.69 Å². The second-order valence-electron chi connectivity index (χ2n) is 6.28. The standard InChI is InChI=1S/C19H22N2O3S/c1-15-7-9-17(10-8-15)20-14-19(22)16-5-4-6-18(13-16)25(23,24)21-11-2-3-12-21/h4-10,13,20H,2-3,11-12,14H2,1H3. The summed E-state index contributed by atoms with van der Waals surface area (Å²) in [5.74, 6) is -0.140. The third-order valence-electron chi connectivity index (χ3n) is 4.36. The van der Waals surface area contributed by atoms with E-state index in [4.69, 9.17) is 0 Å². The van der Waals surface area contributed by atoms with E-state index in [0.29, 0.717) is 18.7 Å². The van der Waals surface area contributed by atoms with Gasteiger partial charge in [0.05, 0.1) is 11.4 Å². The maximum atomic E-state index is 12.6. The van der Waals surface area contributed by atoms with Gasteiger partial charge in [-0.1, -0.05) is 29.8 Å². The highest BCUT2D eigenvalue weighted by Crippen LogP contribution is 2.21. The van der Waals surface area contributed by atoms with E-state index >= 15 is 0 Å². The fourth-order valence-corrected chi connectivity index (χ4v) is 4.43. The first-order valence-electron chi connectivity index (χ1n) is 8.41. The first-order valence-corrected chi connectivity index (χ1v) is 9.85. The Morgan fingerprint density at radius 1 is 1.08 bits per heavy atom. The summed E-state index contributed by atoms with van der Waals surface area (Å²) in [5, 5.41) is 3.07. The van der Waals surface area contributed by atoms with E-state index in [1.807, 2.05) is 31.2 Å². The smallest absolute Gasteiger partial charge is 0.243 e. The number of nitrogens with one attached hydrogen (secondary N) is 1. The molecule has 1 fully saturated rings. The van der Waals surface area contributed by atoms with Crippen LogP contribution in [0.3, 0.4) is 0 Å². The largest absolute Gasteiger partial charge is 0.378 e. The fraction of sp³-hybridized carbons (Fsp3) is 0.316. The fourth-order valence-electron chi connectivity index (χ4n) is 2.86. The molecule has 0 spiro atoms. The van der Waals surface area contributed by atoms with Gasteiger partial charge in [0, 0.05) is 24.3 Å². The highest BCUT2D eigenvalue weighted by molar-refractivity contribution is 7.89. The summed E-state index contributed by atoms with van der Waals surface area (Å²) in [6, 6.07) is 14.1. The van der Waals surface area contributed by atoms with Gasteiger partial charge in [-0.25, -0.2) is 8.42 Å². The predicted octanol–water partition coefficient (Wildman–Crippen LogP) is 3.07. The molecule has 1 N–H and O–H groups in total. The molecule has 0 atom stereocenters. The van der Waals surface area contributed by atoms with Crippen LogP contribution in [-0.4, -0.2) is 38.1 Å². The lowest BCUT2D eigenvalue weighted by atomic mass is 10.1. The van der Waals surface area contributed by atoms with Crippen LogP contribution in [0.2, 0.25) is 0 Å². The Morgan fingerprint density at radius 3 is 2.44 bits per heavy atom. The number of rotatable bonds is 6. The molecule has 5 nitrogen and oxygen atoms in total. The van der Waals surface area contributed by atoms with Crippen LogP contribution < -0.4 is 5.32 Å². The zero-order chi connectivity index (χ0) is 17.9. The maximum absolute atomic E-state index is 12.6. The third kappa shape index (κ3) is 4.08. The number of nitrogens with zero attached hydrogens (tertiary/aromatic N) is 1. The Morgan fingerprint density at radius 2 is 1.76 bits per heavy atom. The number of carbonyl (C=O) groups is 1. The Bertz CT molecular complexity index is 854. The quantitative estimate of drug-likeness (QED) is 0.806. The van der Waals surface area contributed by atoms with Crippen LogP contribution in [0, 0.1) is 6.92 Å². The minimum absolute atomic E-state index is 0.121. The van der Waals surface area contributed by atoms with Gasteiger partial charge in [0.2, 0.25) is 10.0 Å². The molecular formula is C19H22N2O3S. The number of sulfonamides is 1. The van der Waals surface area contributed by atoms with Gasteiger partial charge >= 0.3 is 0 Å². The molecule has 0 radical (unpaired) electrons. The minimum Gasteiger partial charge on any atom is -0.378 e. The van der Waals surface area contributed by atoms with Gasteiger partial charge in [-0.05, 0) is 44.0 Å². The van der Waals surface area contributed by atoms with Gasteiger partial charge in [0.25, 0.3) is 0 Å². The number of anilines is 1. The highest BCUT2D eigenvalue weighted by atomic mass is 32.2. The van der Waals surface area contributed by atoms with Crippen LogP contribution >= 0.6 is 0 Å². The van der Waals surface area contributed by atoms with E-state index in [0.717, 1.165) is 24.1 Å². The summed E-state index contributed by atoms with van der Waals surface area (Å²) in [7, 11) is -3.51. The van der Waals surface area contributed by atoms with Crippen molar-refractivity contribution in [2.45, 2.75) is 24.7 Å². The van der Waals surface area contributed by atoms with Crippen molar-refractivity contribution in [3.05, 3.63) is 59.7 Å². The zero-order valence-corrected chi connectivity index (χ0v) is 15.1. The van der Waals surface area contributed by atoms with Crippen molar-refractivity contribution in [2.75, 3.05) is 25.0 Å². The molecule has 25 heavy (non-hydrogen) atoms. The monoisotopic (exact) mass is 358 g/mol. The summed E-state index contributed by atoms with van der Waals surface area (Å²) in [5.41, 5.74) is 2.41. The summed E-state index contributed by atoms with van der Waals surface area (Å²) in [4.78, 5) is 12.6. The van der Waals surface area contributed by atoms with Gasteiger partial charge < -0.3 is 5.32 Å². The van der Waals surface area contributed by atoms with E-state index in [9.17, 15) is 13.2 Å². The molecule has 132 valence electrons. The molecule has 0 saturated carbocycles. The molecule has 6 heteroatoms. The average Bonchev–Trinajstić information content (AvgIpc) is 3.16. The highest BCUT2D eigenvalue weighted by Gasteiger charge is 2.27. The second-order valence-corrected chi connectivity index (χ2v) is 8.22. The molecule has 1 saturated heterocycles. The van der Waals surface area contributed by atoms with Gasteiger partial charge in [-0.2, -0.15) is 4.31 Å². The van der Waals surface area contributed by atoms with Crippen molar-refractivity contribution in [1.29, 1.82) is 0 Å². The van der Waals surface area contributed by atoms with Gasteiger partial charge in [0.15, 0.2) is 5.78 Å². The first-order chi connectivity index (χ1) is 12.0. The van der Waals surface area contributed by atoms with Crippen LogP contribution in [0.15, 0.2) is 53.4 Å². The lowest BCUT2D eigenvalue weighted by molar-refractivity contribution is 0.101. The number of Topliss-reactive ketones (excluding diaryl/α,β-unsaturated/α-hetero) is 1. The van der Waals surface area contributed by atoms with E-state index in [-0.39, 0.29) is 17.2 Å². The number of carbonyl (C=O) groups excluding carboxylic acids is 1. The normalized spacial score (nSPS) is 15.2. The molecule has 2 aromatic rings. The number of hydrogen-bond donors (Lipinski definition) is 1. The number of hydrogen-bond acceptors (Lipinski definition) is 4. The molecule has 0 unspecified atom stereocenters. The van der Waals surface area contributed by atoms with Crippen LogP contribution in [0.5, 0.6) is 0 Å². The van der Waals surface area contributed by atoms with E-state index in [1.165, 1.54) is 10.4 Å². The number of benzene rings is 2. The third-order valence-corrected chi connectivity index (χ3v) is 6.26. The summed E-state index contributed by atoms with van der Waals surface area (Å²) in [6.07, 6.45) is 1.77. The van der Waals surface area contributed by atoms with Gasteiger partial charge in [0.1, 0.15) is 0 Å². The lowest BCUT2D eigenvalue weighted by Gasteiger charge is -2.16. The van der Waals surface area contributed by atoms with Crippen molar-refractivity contribution < 1.29 is 13.2 Å². The second kappa shape index (κ2) is 7.37. The molecule has 3 rings (SSSR count). The number of aryl methyl sites for hydroxylation is 1. The minimum atomic E-state index is -3.51. The summed E-state index contributed by atoms with van der Waals surface area (Å²) in [6.45, 7) is 3.22. The van der Waals surface area contributed by atoms with Crippen molar-refractivity contribution in [2.24, 2.45) is 0 Å². The van der Waals surface area contributed by atoms with E-state index in [1.54, 1.807) is 18.2 Å². The van der Waals surface area contributed by atoms with Gasteiger partial charge in [-0.15, -0.1) is 0 Å². The van der Waals surface area contributed by atoms with Crippen LogP contribution in [0.1, 0.15) is 28.8 Å². The number of ketones is 1. The van der Waals surface area contributed by atoms with E-state index < -0.39 is 10.0 Å². The molecule has 0 aromatic heterocycles. The average molecular weight is 358 g/mol. The Hall–Kier alpha value is -2.18. The molecule has 1 aliphatic heterocycles. The Kier molecular flexibility index (Phi) is 5.20. The molecular weight excluding hydrogens is 336 g/mol. The van der Waals surface area contributed by atoms with Crippen molar-refractivity contribution in [3.63, 3.8) is 0 Å². The molecule has 2 aromatic carbocycles. The summed E-state index contributed by atoms with van der Waals surface area (Å²) >= 11 is 0. The lowest BCUT2D eigenvalue weighted by Crippen LogP contribution is -2.28. The molecule has 1 heterocycles. The molecule has 0 amide bonds. The summed E-state index contributed by atoms with van der Waals surface area (Å²) < 4.78 is 26.7. The molecule has 1 aliphatic rings.